The molecule has 1 atom stereocenters. The van der Waals surface area contributed by atoms with E-state index in [4.69, 9.17) is 21.1 Å². The van der Waals surface area contributed by atoms with Gasteiger partial charge in [-0.25, -0.2) is 14.6 Å². The lowest BCUT2D eigenvalue weighted by molar-refractivity contribution is -0.142. The third kappa shape index (κ3) is 3.10. The van der Waals surface area contributed by atoms with Crippen LogP contribution in [0, 0.1) is 0 Å². The van der Waals surface area contributed by atoms with Gasteiger partial charge in [-0.15, -0.1) is 0 Å². The fourth-order valence-electron chi connectivity index (χ4n) is 2.31. The number of hydrogen-bond acceptors (Lipinski definition) is 6. The smallest absolute Gasteiger partial charge is 0.354 e. The van der Waals surface area contributed by atoms with E-state index in [1.165, 1.54) is 19.0 Å². The molecule has 7 nitrogen and oxygen atoms in total. The van der Waals surface area contributed by atoms with Gasteiger partial charge in [0.05, 0.1) is 13.7 Å². The highest BCUT2D eigenvalue weighted by Crippen LogP contribution is 2.40. The number of aliphatic carboxylic acids is 1. The van der Waals surface area contributed by atoms with Gasteiger partial charge in [0.2, 0.25) is 0 Å². The summed E-state index contributed by atoms with van der Waals surface area (Å²) in [4.78, 5) is 23.7. The number of halogens is 1. The van der Waals surface area contributed by atoms with E-state index in [0.29, 0.717) is 16.5 Å². The van der Waals surface area contributed by atoms with Crippen molar-refractivity contribution in [1.82, 2.24) is 0 Å². The zero-order chi connectivity index (χ0) is 17.2. The summed E-state index contributed by atoms with van der Waals surface area (Å²) >= 11 is 6.00. The van der Waals surface area contributed by atoms with Gasteiger partial charge in [-0.2, -0.15) is 5.10 Å². The van der Waals surface area contributed by atoms with Crippen molar-refractivity contribution in [3.63, 3.8) is 0 Å². The molecule has 0 saturated carbocycles. The Kier molecular flexibility index (Phi) is 4.79. The fraction of sp³-hybridized carbons (Fsp3) is 0.400. The highest BCUT2D eigenvalue weighted by atomic mass is 35.5. The molecule has 1 aromatic carbocycles. The molecule has 0 fully saturated rings. The van der Waals surface area contributed by atoms with Crippen LogP contribution in [-0.4, -0.2) is 42.0 Å². The molecular weight excluding hydrogens is 324 g/mol. The first-order valence-electron chi connectivity index (χ1n) is 6.95. The van der Waals surface area contributed by atoms with Gasteiger partial charge < -0.3 is 14.6 Å². The Balaban J connectivity index is 2.53. The minimum Gasteiger partial charge on any atom is -0.495 e. The number of hydrogen-bond donors (Lipinski definition) is 1. The molecule has 0 bridgehead atoms. The molecule has 0 saturated heterocycles. The summed E-state index contributed by atoms with van der Waals surface area (Å²) in [7, 11) is 1.46. The Morgan fingerprint density at radius 1 is 1.48 bits per heavy atom. The summed E-state index contributed by atoms with van der Waals surface area (Å²) in [5.74, 6) is -1.36. The summed E-state index contributed by atoms with van der Waals surface area (Å²) in [6, 6.07) is 4.77. The maximum Gasteiger partial charge on any atom is 0.354 e. The third-order valence-electron chi connectivity index (χ3n) is 3.54. The van der Waals surface area contributed by atoms with Crippen LogP contribution >= 0.6 is 11.6 Å². The van der Waals surface area contributed by atoms with Crippen LogP contribution in [0.3, 0.4) is 0 Å². The summed E-state index contributed by atoms with van der Waals surface area (Å²) in [5, 5.41) is 15.4. The van der Waals surface area contributed by atoms with Crippen molar-refractivity contribution in [2.45, 2.75) is 25.8 Å². The molecule has 0 unspecified atom stereocenters. The van der Waals surface area contributed by atoms with Gasteiger partial charge in [0.15, 0.2) is 5.54 Å². The summed E-state index contributed by atoms with van der Waals surface area (Å²) < 4.78 is 10.2. The van der Waals surface area contributed by atoms with Crippen LogP contribution < -0.4 is 9.75 Å². The first-order chi connectivity index (χ1) is 10.8. The predicted octanol–water partition coefficient (Wildman–Crippen LogP) is 2.32. The van der Waals surface area contributed by atoms with Gasteiger partial charge in [-0.3, -0.25) is 0 Å². The highest BCUT2D eigenvalue weighted by Gasteiger charge is 2.49. The van der Waals surface area contributed by atoms with E-state index in [0.717, 1.165) is 0 Å². The molecule has 1 N–H and O–H groups in total. The molecule has 1 heterocycles. The number of hydrazone groups is 1. The largest absolute Gasteiger partial charge is 0.495 e. The Labute approximate surface area is 138 Å². The molecule has 0 spiro atoms. The van der Waals surface area contributed by atoms with Crippen molar-refractivity contribution in [3.8, 4) is 5.75 Å². The quantitative estimate of drug-likeness (QED) is 0.827. The van der Waals surface area contributed by atoms with E-state index >= 15 is 0 Å². The van der Waals surface area contributed by atoms with Crippen LogP contribution in [-0.2, 0) is 14.3 Å². The third-order valence-corrected chi connectivity index (χ3v) is 3.78. The molecule has 1 aromatic rings. The van der Waals surface area contributed by atoms with Crippen LogP contribution in [0.15, 0.2) is 23.3 Å². The lowest BCUT2D eigenvalue weighted by Crippen LogP contribution is -2.47. The van der Waals surface area contributed by atoms with Crippen molar-refractivity contribution in [2.75, 3.05) is 18.7 Å². The second kappa shape index (κ2) is 6.45. The number of benzene rings is 1. The van der Waals surface area contributed by atoms with Crippen LogP contribution in [0.4, 0.5) is 5.69 Å². The van der Waals surface area contributed by atoms with Crippen LogP contribution in [0.25, 0.3) is 0 Å². The summed E-state index contributed by atoms with van der Waals surface area (Å²) in [5.41, 5.74) is -1.04. The molecule has 0 radical (unpaired) electrons. The number of nitrogens with zero attached hydrogens (tertiary/aromatic N) is 2. The number of carboxylic acid groups (broad SMARTS) is 1. The maximum absolute atomic E-state index is 11.9. The zero-order valence-corrected chi connectivity index (χ0v) is 13.8. The Hall–Kier alpha value is -2.28. The average molecular weight is 341 g/mol. The normalized spacial score (nSPS) is 20.2. The van der Waals surface area contributed by atoms with Gasteiger partial charge >= 0.3 is 11.9 Å². The van der Waals surface area contributed by atoms with E-state index in [1.54, 1.807) is 25.1 Å². The van der Waals surface area contributed by atoms with Gasteiger partial charge in [0, 0.05) is 11.4 Å². The van der Waals surface area contributed by atoms with Gasteiger partial charge in [0.25, 0.3) is 0 Å². The second-order valence-electron chi connectivity index (χ2n) is 5.15. The summed E-state index contributed by atoms with van der Waals surface area (Å²) in [6.07, 6.45) is -0.0865. The summed E-state index contributed by atoms with van der Waals surface area (Å²) in [6.45, 7) is 3.33. The Morgan fingerprint density at radius 3 is 2.74 bits per heavy atom. The minimum absolute atomic E-state index is 0.0405. The Morgan fingerprint density at radius 2 is 2.17 bits per heavy atom. The number of carbonyl (C=O) groups is 2. The topological polar surface area (TPSA) is 88.4 Å². The average Bonchev–Trinajstić information content (AvgIpc) is 2.87. The molecule has 0 aromatic heterocycles. The first-order valence-corrected chi connectivity index (χ1v) is 7.33. The zero-order valence-electron chi connectivity index (χ0n) is 13.0. The van der Waals surface area contributed by atoms with Crippen LogP contribution in [0.2, 0.25) is 5.02 Å². The number of carbonyl (C=O) groups excluding carboxylic acids is 1. The standard InChI is InChI=1S/C15H17ClN2O5/c1-4-23-13(19)10-8-15(2,14(20)21)18(17-10)11-7-9(16)5-6-12(11)22-3/h5-7H,4,8H2,1-3H3,(H,20,21)/t15-/m0/s1. The van der Waals surface area contributed by atoms with Crippen molar-refractivity contribution in [3.05, 3.63) is 23.2 Å². The number of anilines is 1. The van der Waals surface area contributed by atoms with E-state index in [9.17, 15) is 14.7 Å². The van der Waals surface area contributed by atoms with Gasteiger partial charge in [-0.05, 0) is 32.0 Å². The fourth-order valence-corrected chi connectivity index (χ4v) is 2.48. The number of rotatable bonds is 5. The molecule has 1 aliphatic heterocycles. The number of esters is 1. The maximum atomic E-state index is 11.9. The molecule has 124 valence electrons. The van der Waals surface area contributed by atoms with E-state index in [2.05, 4.69) is 5.10 Å². The monoisotopic (exact) mass is 340 g/mol. The van der Waals surface area contributed by atoms with Crippen molar-refractivity contribution < 1.29 is 24.2 Å². The lowest BCUT2D eigenvalue weighted by Gasteiger charge is -2.31. The molecule has 2 rings (SSSR count). The molecule has 1 aliphatic rings. The second-order valence-corrected chi connectivity index (χ2v) is 5.59. The molecule has 0 aliphatic carbocycles. The molecule has 0 amide bonds. The Bertz CT molecular complexity index is 676. The van der Waals surface area contributed by atoms with Gasteiger partial charge in [0.1, 0.15) is 17.1 Å². The van der Waals surface area contributed by atoms with Crippen molar-refractivity contribution in [2.24, 2.45) is 5.10 Å². The first kappa shape index (κ1) is 17.1. The minimum atomic E-state index is -1.44. The van der Waals surface area contributed by atoms with Crippen molar-refractivity contribution >= 4 is 34.9 Å². The number of carboxylic acids is 1. The van der Waals surface area contributed by atoms with E-state index in [-0.39, 0.29) is 18.7 Å². The van der Waals surface area contributed by atoms with E-state index in [1.807, 2.05) is 0 Å². The van der Waals surface area contributed by atoms with E-state index < -0.39 is 17.5 Å². The molecule has 23 heavy (non-hydrogen) atoms. The van der Waals surface area contributed by atoms with Crippen LogP contribution in [0.5, 0.6) is 5.75 Å². The lowest BCUT2D eigenvalue weighted by atomic mass is 9.95. The predicted molar refractivity (Wildman–Crippen MR) is 85.2 cm³/mol. The molecular formula is C15H17ClN2O5. The van der Waals surface area contributed by atoms with Crippen molar-refractivity contribution in [1.29, 1.82) is 0 Å². The highest BCUT2D eigenvalue weighted by molar-refractivity contribution is 6.38. The number of ether oxygens (including phenoxy) is 2. The SMILES string of the molecule is CCOC(=O)C1=NN(c2cc(Cl)ccc2OC)[C@](C)(C(=O)O)C1. The van der Waals surface area contributed by atoms with Gasteiger partial charge in [-0.1, -0.05) is 11.6 Å². The molecule has 8 heteroatoms. The number of methoxy groups -OCH3 is 1. The van der Waals surface area contributed by atoms with Crippen LogP contribution in [0.1, 0.15) is 20.3 Å².